The van der Waals surface area contributed by atoms with Gasteiger partial charge in [0.05, 0.1) is 6.61 Å². The molecule has 0 radical (unpaired) electrons. The van der Waals surface area contributed by atoms with Crippen LogP contribution in [-0.2, 0) is 0 Å². The molecule has 0 spiro atoms. The van der Waals surface area contributed by atoms with Crippen LogP contribution >= 0.6 is 0 Å². The summed E-state index contributed by atoms with van der Waals surface area (Å²) in [6.07, 6.45) is 3.46. The Hall–Kier alpha value is -1.36. The van der Waals surface area contributed by atoms with Crippen LogP contribution in [0.2, 0.25) is 0 Å². The van der Waals surface area contributed by atoms with Crippen molar-refractivity contribution in [3.8, 4) is 0 Å². The van der Waals surface area contributed by atoms with Gasteiger partial charge < -0.3 is 15.3 Å². The molecule has 1 aromatic heterocycles. The highest BCUT2D eigenvalue weighted by atomic mass is 16.3. The second-order valence-electron chi connectivity index (χ2n) is 5.23. The Bertz CT molecular complexity index is 432. The van der Waals surface area contributed by atoms with E-state index in [1.807, 2.05) is 18.9 Å². The van der Waals surface area contributed by atoms with Crippen molar-refractivity contribution >= 4 is 11.6 Å². The Labute approximate surface area is 115 Å². The zero-order valence-electron chi connectivity index (χ0n) is 12.1. The van der Waals surface area contributed by atoms with E-state index in [1.165, 1.54) is 12.8 Å². The van der Waals surface area contributed by atoms with E-state index in [0.717, 1.165) is 36.0 Å². The Morgan fingerprint density at radius 1 is 1.37 bits per heavy atom. The lowest BCUT2D eigenvalue weighted by Gasteiger charge is -2.21. The zero-order valence-corrected chi connectivity index (χ0v) is 12.1. The number of likely N-dealkylation sites (N-methyl/N-ethyl adjacent to an activating group) is 1. The summed E-state index contributed by atoms with van der Waals surface area (Å²) in [4.78, 5) is 11.3. The molecule has 0 unspecified atom stereocenters. The van der Waals surface area contributed by atoms with Crippen molar-refractivity contribution in [1.82, 2.24) is 9.97 Å². The van der Waals surface area contributed by atoms with Crippen molar-refractivity contribution in [2.45, 2.75) is 39.0 Å². The lowest BCUT2D eigenvalue weighted by molar-refractivity contribution is 0.303. The number of aliphatic hydroxyl groups is 1. The van der Waals surface area contributed by atoms with E-state index in [1.54, 1.807) is 0 Å². The highest BCUT2D eigenvalue weighted by Gasteiger charge is 2.28. The molecule has 2 rings (SSSR count). The van der Waals surface area contributed by atoms with Crippen LogP contribution in [0.4, 0.5) is 11.6 Å². The second-order valence-corrected chi connectivity index (χ2v) is 5.23. The summed E-state index contributed by atoms with van der Waals surface area (Å²) in [5.41, 5.74) is 1.06. The standard InChI is InChI=1S/C14H24N4O/c1-4-7-15-12-10(2)14(18(3)8-9-19)17-13(16-12)11-5-6-11/h11,19H,4-9H2,1-3H3,(H,15,16,17). The van der Waals surface area contributed by atoms with Crippen LogP contribution in [0.3, 0.4) is 0 Å². The van der Waals surface area contributed by atoms with Crippen molar-refractivity contribution in [3.63, 3.8) is 0 Å². The molecule has 1 heterocycles. The number of aromatic nitrogens is 2. The van der Waals surface area contributed by atoms with Crippen LogP contribution in [0.25, 0.3) is 0 Å². The fourth-order valence-corrected chi connectivity index (χ4v) is 2.09. The summed E-state index contributed by atoms with van der Waals surface area (Å²) < 4.78 is 0. The quantitative estimate of drug-likeness (QED) is 0.788. The van der Waals surface area contributed by atoms with Gasteiger partial charge in [-0.3, -0.25) is 0 Å². The topological polar surface area (TPSA) is 61.3 Å². The van der Waals surface area contributed by atoms with Gasteiger partial charge in [0, 0.05) is 31.6 Å². The molecule has 0 bridgehead atoms. The Kier molecular flexibility index (Phi) is 4.58. The number of nitrogens with one attached hydrogen (secondary N) is 1. The predicted octanol–water partition coefficient (Wildman–Crippen LogP) is 1.91. The summed E-state index contributed by atoms with van der Waals surface area (Å²) in [6, 6.07) is 0. The molecule has 5 heteroatoms. The maximum absolute atomic E-state index is 9.09. The van der Waals surface area contributed by atoms with Crippen molar-refractivity contribution in [2.24, 2.45) is 0 Å². The molecule has 0 saturated heterocycles. The lowest BCUT2D eigenvalue weighted by Crippen LogP contribution is -2.24. The van der Waals surface area contributed by atoms with Crippen LogP contribution < -0.4 is 10.2 Å². The van der Waals surface area contributed by atoms with E-state index in [2.05, 4.69) is 22.2 Å². The van der Waals surface area contributed by atoms with Crippen LogP contribution in [0, 0.1) is 6.92 Å². The van der Waals surface area contributed by atoms with Gasteiger partial charge in [-0.1, -0.05) is 6.92 Å². The first kappa shape index (κ1) is 14.1. The Morgan fingerprint density at radius 2 is 2.11 bits per heavy atom. The van der Waals surface area contributed by atoms with Gasteiger partial charge in [-0.05, 0) is 26.2 Å². The number of aliphatic hydroxyl groups excluding tert-OH is 1. The summed E-state index contributed by atoms with van der Waals surface area (Å²) in [5, 5.41) is 12.5. The highest BCUT2D eigenvalue weighted by molar-refractivity contribution is 5.58. The van der Waals surface area contributed by atoms with Crippen LogP contribution in [0.5, 0.6) is 0 Å². The molecular weight excluding hydrogens is 240 g/mol. The first-order chi connectivity index (χ1) is 9.17. The Balaban J connectivity index is 2.30. The molecule has 1 aromatic rings. The molecule has 0 amide bonds. The van der Waals surface area contributed by atoms with Crippen molar-refractivity contribution in [1.29, 1.82) is 0 Å². The van der Waals surface area contributed by atoms with Gasteiger partial charge in [-0.25, -0.2) is 9.97 Å². The molecule has 2 N–H and O–H groups in total. The van der Waals surface area contributed by atoms with Gasteiger partial charge in [0.25, 0.3) is 0 Å². The van der Waals surface area contributed by atoms with Crippen molar-refractivity contribution in [2.75, 3.05) is 37.0 Å². The summed E-state index contributed by atoms with van der Waals surface area (Å²) in [7, 11) is 1.96. The van der Waals surface area contributed by atoms with Crippen molar-refractivity contribution < 1.29 is 5.11 Å². The third-order valence-corrected chi connectivity index (χ3v) is 3.42. The largest absolute Gasteiger partial charge is 0.395 e. The minimum absolute atomic E-state index is 0.135. The maximum Gasteiger partial charge on any atom is 0.137 e. The van der Waals surface area contributed by atoms with E-state index in [-0.39, 0.29) is 6.61 Å². The van der Waals surface area contributed by atoms with E-state index in [4.69, 9.17) is 5.11 Å². The van der Waals surface area contributed by atoms with Crippen LogP contribution in [0.1, 0.15) is 43.5 Å². The van der Waals surface area contributed by atoms with E-state index >= 15 is 0 Å². The third kappa shape index (κ3) is 3.35. The molecule has 5 nitrogen and oxygen atoms in total. The first-order valence-electron chi connectivity index (χ1n) is 7.11. The number of anilines is 2. The highest BCUT2D eigenvalue weighted by Crippen LogP contribution is 2.39. The summed E-state index contributed by atoms with van der Waals surface area (Å²) in [6.45, 7) is 5.83. The molecule has 1 fully saturated rings. The maximum atomic E-state index is 9.09. The SMILES string of the molecule is CCCNc1nc(C2CC2)nc(N(C)CCO)c1C. The minimum atomic E-state index is 0.135. The number of nitrogens with zero attached hydrogens (tertiary/aromatic N) is 3. The van der Waals surface area contributed by atoms with E-state index in [9.17, 15) is 0 Å². The van der Waals surface area contributed by atoms with Crippen LogP contribution in [-0.4, -0.2) is 41.8 Å². The average molecular weight is 264 g/mol. The first-order valence-corrected chi connectivity index (χ1v) is 7.11. The molecule has 19 heavy (non-hydrogen) atoms. The minimum Gasteiger partial charge on any atom is -0.395 e. The number of rotatable bonds is 7. The molecule has 106 valence electrons. The molecule has 1 aliphatic rings. The summed E-state index contributed by atoms with van der Waals surface area (Å²) in [5.74, 6) is 3.36. The molecule has 1 saturated carbocycles. The average Bonchev–Trinajstić information content (AvgIpc) is 3.22. The molecule has 0 aliphatic heterocycles. The van der Waals surface area contributed by atoms with Gasteiger partial charge in [0.1, 0.15) is 17.5 Å². The van der Waals surface area contributed by atoms with E-state index in [0.29, 0.717) is 12.5 Å². The van der Waals surface area contributed by atoms with Gasteiger partial charge >= 0.3 is 0 Å². The normalized spacial score (nSPS) is 14.5. The fraction of sp³-hybridized carbons (Fsp3) is 0.714. The fourth-order valence-electron chi connectivity index (χ4n) is 2.09. The summed E-state index contributed by atoms with van der Waals surface area (Å²) >= 11 is 0. The molecule has 0 atom stereocenters. The smallest absolute Gasteiger partial charge is 0.137 e. The monoisotopic (exact) mass is 264 g/mol. The van der Waals surface area contributed by atoms with Gasteiger partial charge in [0.2, 0.25) is 0 Å². The van der Waals surface area contributed by atoms with Crippen molar-refractivity contribution in [3.05, 3.63) is 11.4 Å². The Morgan fingerprint density at radius 3 is 2.68 bits per heavy atom. The van der Waals surface area contributed by atoms with Gasteiger partial charge in [-0.2, -0.15) is 0 Å². The van der Waals surface area contributed by atoms with Crippen LogP contribution in [0.15, 0.2) is 0 Å². The molecule has 1 aliphatic carbocycles. The van der Waals surface area contributed by atoms with Gasteiger partial charge in [-0.15, -0.1) is 0 Å². The third-order valence-electron chi connectivity index (χ3n) is 3.42. The zero-order chi connectivity index (χ0) is 13.8. The van der Waals surface area contributed by atoms with E-state index < -0.39 is 0 Å². The lowest BCUT2D eigenvalue weighted by atomic mass is 10.2. The van der Waals surface area contributed by atoms with Gasteiger partial charge in [0.15, 0.2) is 0 Å². The number of hydrogen-bond donors (Lipinski definition) is 2. The predicted molar refractivity (Wildman–Crippen MR) is 77.9 cm³/mol. The molecule has 0 aromatic carbocycles. The second kappa shape index (κ2) is 6.19. The number of hydrogen-bond acceptors (Lipinski definition) is 5. The molecular formula is C14H24N4O.